The van der Waals surface area contributed by atoms with Gasteiger partial charge < -0.3 is 10.1 Å². The summed E-state index contributed by atoms with van der Waals surface area (Å²) >= 11 is 0. The van der Waals surface area contributed by atoms with Crippen LogP contribution in [-0.4, -0.2) is 36.1 Å². The van der Waals surface area contributed by atoms with Crippen LogP contribution < -0.4 is 5.32 Å². The molecular weight excluding hydrogens is 324 g/mol. The minimum absolute atomic E-state index is 0.00231. The molecule has 26 heavy (non-hydrogen) atoms. The third-order valence-corrected chi connectivity index (χ3v) is 4.67. The molecule has 1 saturated heterocycles. The SMILES string of the molecule is Cc1cc(C)cc(NC(=O)C(c2ccccc2)N2CC(C)OC(C)C2)c1. The molecule has 2 aromatic rings. The maximum absolute atomic E-state index is 13.3. The number of carbonyl (C=O) groups is 1. The van der Waals surface area contributed by atoms with Gasteiger partial charge in [0.15, 0.2) is 0 Å². The highest BCUT2D eigenvalue weighted by Crippen LogP contribution is 2.27. The van der Waals surface area contributed by atoms with E-state index in [1.807, 2.05) is 56.3 Å². The van der Waals surface area contributed by atoms with Crippen LogP contribution in [0.4, 0.5) is 5.69 Å². The minimum Gasteiger partial charge on any atom is -0.373 e. The van der Waals surface area contributed by atoms with E-state index in [-0.39, 0.29) is 24.2 Å². The first-order valence-electron chi connectivity index (χ1n) is 9.26. The Balaban J connectivity index is 1.88. The molecule has 3 atom stereocenters. The molecule has 2 aromatic carbocycles. The molecule has 0 aromatic heterocycles. The zero-order valence-corrected chi connectivity index (χ0v) is 16.0. The topological polar surface area (TPSA) is 41.6 Å². The van der Waals surface area contributed by atoms with E-state index in [1.54, 1.807) is 0 Å². The van der Waals surface area contributed by atoms with Crippen LogP contribution >= 0.6 is 0 Å². The molecule has 1 amide bonds. The summed E-state index contributed by atoms with van der Waals surface area (Å²) in [6.45, 7) is 9.69. The highest BCUT2D eigenvalue weighted by Gasteiger charge is 2.33. The molecule has 0 radical (unpaired) electrons. The summed E-state index contributed by atoms with van der Waals surface area (Å²) in [4.78, 5) is 15.5. The lowest BCUT2D eigenvalue weighted by Gasteiger charge is -2.39. The molecule has 0 aliphatic carbocycles. The largest absolute Gasteiger partial charge is 0.373 e. The van der Waals surface area contributed by atoms with Gasteiger partial charge in [0.05, 0.1) is 12.2 Å². The van der Waals surface area contributed by atoms with Gasteiger partial charge in [0, 0.05) is 18.8 Å². The van der Waals surface area contributed by atoms with Crippen molar-refractivity contribution in [2.45, 2.75) is 45.9 Å². The van der Waals surface area contributed by atoms with Crippen molar-refractivity contribution in [3.05, 3.63) is 65.2 Å². The van der Waals surface area contributed by atoms with Gasteiger partial charge in [0.25, 0.3) is 0 Å². The second kappa shape index (κ2) is 8.02. The first kappa shape index (κ1) is 18.6. The van der Waals surface area contributed by atoms with E-state index in [9.17, 15) is 4.79 Å². The van der Waals surface area contributed by atoms with E-state index in [4.69, 9.17) is 4.74 Å². The molecule has 4 nitrogen and oxygen atoms in total. The maximum Gasteiger partial charge on any atom is 0.246 e. The van der Waals surface area contributed by atoms with Gasteiger partial charge in [-0.1, -0.05) is 36.4 Å². The molecule has 1 N–H and O–H groups in total. The van der Waals surface area contributed by atoms with Gasteiger partial charge >= 0.3 is 0 Å². The number of anilines is 1. The maximum atomic E-state index is 13.3. The number of benzene rings is 2. The Bertz CT molecular complexity index is 730. The molecule has 1 aliphatic rings. The molecule has 3 rings (SSSR count). The summed E-state index contributed by atoms with van der Waals surface area (Å²) in [6, 6.07) is 15.8. The van der Waals surface area contributed by atoms with Crippen molar-refractivity contribution in [1.82, 2.24) is 4.90 Å². The molecule has 138 valence electrons. The van der Waals surface area contributed by atoms with Gasteiger partial charge in [-0.25, -0.2) is 0 Å². The van der Waals surface area contributed by atoms with Crippen molar-refractivity contribution < 1.29 is 9.53 Å². The zero-order chi connectivity index (χ0) is 18.7. The van der Waals surface area contributed by atoms with Crippen molar-refractivity contribution in [1.29, 1.82) is 0 Å². The van der Waals surface area contributed by atoms with E-state index in [0.717, 1.165) is 35.5 Å². The minimum atomic E-state index is -0.328. The number of morpholine rings is 1. The summed E-state index contributed by atoms with van der Waals surface area (Å²) in [6.07, 6.45) is 0.220. The van der Waals surface area contributed by atoms with E-state index in [2.05, 4.69) is 30.1 Å². The van der Waals surface area contributed by atoms with Crippen molar-refractivity contribution >= 4 is 11.6 Å². The average Bonchev–Trinajstić information content (AvgIpc) is 2.54. The predicted octanol–water partition coefficient (Wildman–Crippen LogP) is 4.09. The van der Waals surface area contributed by atoms with Gasteiger partial charge in [-0.2, -0.15) is 0 Å². The third kappa shape index (κ3) is 4.51. The summed E-state index contributed by atoms with van der Waals surface area (Å²) < 4.78 is 5.86. The number of ether oxygens (including phenoxy) is 1. The molecule has 0 saturated carbocycles. The number of hydrogen-bond donors (Lipinski definition) is 1. The number of aryl methyl sites for hydroxylation is 2. The Morgan fingerprint density at radius 2 is 1.62 bits per heavy atom. The fourth-order valence-electron chi connectivity index (χ4n) is 3.85. The molecule has 4 heteroatoms. The zero-order valence-electron chi connectivity index (χ0n) is 16.0. The van der Waals surface area contributed by atoms with Gasteiger partial charge in [-0.3, -0.25) is 9.69 Å². The van der Waals surface area contributed by atoms with Crippen LogP contribution in [0.3, 0.4) is 0 Å². The smallest absolute Gasteiger partial charge is 0.246 e. The quantitative estimate of drug-likeness (QED) is 0.901. The monoisotopic (exact) mass is 352 g/mol. The predicted molar refractivity (Wildman–Crippen MR) is 105 cm³/mol. The summed E-state index contributed by atoms with van der Waals surface area (Å²) in [5.74, 6) is 0.00231. The number of nitrogens with one attached hydrogen (secondary N) is 1. The number of hydrogen-bond acceptors (Lipinski definition) is 3. The molecule has 0 spiro atoms. The van der Waals surface area contributed by atoms with Gasteiger partial charge in [0.1, 0.15) is 6.04 Å². The van der Waals surface area contributed by atoms with E-state index < -0.39 is 0 Å². The van der Waals surface area contributed by atoms with Crippen molar-refractivity contribution in [3.8, 4) is 0 Å². The van der Waals surface area contributed by atoms with E-state index >= 15 is 0 Å². The molecule has 1 heterocycles. The summed E-state index contributed by atoms with van der Waals surface area (Å²) in [5, 5.41) is 3.13. The van der Waals surface area contributed by atoms with E-state index in [1.165, 1.54) is 0 Å². The van der Waals surface area contributed by atoms with Crippen LogP contribution in [0.1, 0.15) is 36.6 Å². The van der Waals surface area contributed by atoms with Crippen molar-refractivity contribution in [2.24, 2.45) is 0 Å². The van der Waals surface area contributed by atoms with Gasteiger partial charge in [0.2, 0.25) is 5.91 Å². The van der Waals surface area contributed by atoms with Crippen molar-refractivity contribution in [2.75, 3.05) is 18.4 Å². The van der Waals surface area contributed by atoms with Gasteiger partial charge in [-0.15, -0.1) is 0 Å². The lowest BCUT2D eigenvalue weighted by atomic mass is 10.0. The third-order valence-electron chi connectivity index (χ3n) is 4.67. The number of amides is 1. The molecule has 1 aliphatic heterocycles. The fraction of sp³-hybridized carbons (Fsp3) is 0.409. The lowest BCUT2D eigenvalue weighted by molar-refractivity contribution is -0.128. The Kier molecular flexibility index (Phi) is 5.74. The summed E-state index contributed by atoms with van der Waals surface area (Å²) in [5.41, 5.74) is 4.15. The van der Waals surface area contributed by atoms with Crippen molar-refractivity contribution in [3.63, 3.8) is 0 Å². The Hall–Kier alpha value is -2.17. The van der Waals surface area contributed by atoms with Gasteiger partial charge in [-0.05, 0) is 56.5 Å². The van der Waals surface area contributed by atoms with Crippen LogP contribution in [-0.2, 0) is 9.53 Å². The number of rotatable bonds is 4. The first-order valence-corrected chi connectivity index (χ1v) is 9.26. The second-order valence-corrected chi connectivity index (χ2v) is 7.39. The molecule has 0 bridgehead atoms. The average molecular weight is 352 g/mol. The number of nitrogens with zero attached hydrogens (tertiary/aromatic N) is 1. The van der Waals surface area contributed by atoms with Crippen LogP contribution in [0.25, 0.3) is 0 Å². The molecule has 3 unspecified atom stereocenters. The normalized spacial score (nSPS) is 22.0. The summed E-state index contributed by atoms with van der Waals surface area (Å²) in [7, 11) is 0. The van der Waals surface area contributed by atoms with Crippen LogP contribution in [0.15, 0.2) is 48.5 Å². The molecule has 1 fully saturated rings. The molecular formula is C22H28N2O2. The standard InChI is InChI=1S/C22H28N2O2/c1-15-10-16(2)12-20(11-15)23-22(25)21(19-8-6-5-7-9-19)24-13-17(3)26-18(4)14-24/h5-12,17-18,21H,13-14H2,1-4H3,(H,23,25). The van der Waals surface area contributed by atoms with Crippen LogP contribution in [0, 0.1) is 13.8 Å². The van der Waals surface area contributed by atoms with Crippen LogP contribution in [0.2, 0.25) is 0 Å². The Morgan fingerprint density at radius 1 is 1.04 bits per heavy atom. The Labute approximate surface area is 156 Å². The highest BCUT2D eigenvalue weighted by atomic mass is 16.5. The Morgan fingerprint density at radius 3 is 2.19 bits per heavy atom. The fourth-order valence-corrected chi connectivity index (χ4v) is 3.85. The second-order valence-electron chi connectivity index (χ2n) is 7.39. The lowest BCUT2D eigenvalue weighted by Crippen LogP contribution is -2.49. The first-order chi connectivity index (χ1) is 12.4. The highest BCUT2D eigenvalue weighted by molar-refractivity contribution is 5.95. The van der Waals surface area contributed by atoms with Crippen LogP contribution in [0.5, 0.6) is 0 Å². The number of carbonyl (C=O) groups excluding carboxylic acids is 1. The van der Waals surface area contributed by atoms with E-state index in [0.29, 0.717) is 0 Å².